The molecule has 22 heavy (non-hydrogen) atoms. The van der Waals surface area contributed by atoms with Crippen LogP contribution in [0.5, 0.6) is 0 Å². The number of carbonyl (C=O) groups is 2. The minimum Gasteiger partial charge on any atom is -0.325 e. The van der Waals surface area contributed by atoms with Crippen LogP contribution in [0.3, 0.4) is 0 Å². The van der Waals surface area contributed by atoms with E-state index in [0.717, 1.165) is 12.2 Å². The van der Waals surface area contributed by atoms with Gasteiger partial charge in [-0.15, -0.1) is 10.2 Å². The Bertz CT molecular complexity index is 697. The first kappa shape index (κ1) is 16.2. The van der Waals surface area contributed by atoms with Crippen LogP contribution < -0.4 is 5.32 Å². The fraction of sp³-hybridized carbons (Fsp3) is 0.333. The van der Waals surface area contributed by atoms with Gasteiger partial charge in [0.1, 0.15) is 5.82 Å². The molecule has 116 valence electrons. The third-order valence-electron chi connectivity index (χ3n) is 3.13. The van der Waals surface area contributed by atoms with E-state index in [1.165, 1.54) is 18.7 Å². The predicted octanol–water partition coefficient (Wildman–Crippen LogP) is 2.31. The zero-order valence-electron chi connectivity index (χ0n) is 12.8. The van der Waals surface area contributed by atoms with E-state index in [0.29, 0.717) is 16.4 Å². The molecular weight excluding hydrogens is 300 g/mol. The molecule has 0 atom stereocenters. The van der Waals surface area contributed by atoms with Crippen LogP contribution in [0.2, 0.25) is 0 Å². The Labute approximate surface area is 133 Å². The van der Waals surface area contributed by atoms with Gasteiger partial charge in [-0.3, -0.25) is 9.59 Å². The van der Waals surface area contributed by atoms with Crippen molar-refractivity contribution in [3.8, 4) is 0 Å². The largest absolute Gasteiger partial charge is 0.325 e. The monoisotopic (exact) mass is 318 g/mol. The summed E-state index contributed by atoms with van der Waals surface area (Å²) in [5.74, 6) is 0.945. The van der Waals surface area contributed by atoms with E-state index >= 15 is 0 Å². The molecule has 0 bridgehead atoms. The zero-order valence-corrected chi connectivity index (χ0v) is 13.6. The van der Waals surface area contributed by atoms with Crippen LogP contribution in [-0.4, -0.2) is 32.2 Å². The van der Waals surface area contributed by atoms with Gasteiger partial charge >= 0.3 is 0 Å². The number of aromatic nitrogens is 3. The summed E-state index contributed by atoms with van der Waals surface area (Å²) in [7, 11) is 1.88. The molecule has 0 aliphatic carbocycles. The van der Waals surface area contributed by atoms with Gasteiger partial charge in [0.25, 0.3) is 0 Å². The Kier molecular flexibility index (Phi) is 5.32. The Morgan fingerprint density at radius 1 is 1.32 bits per heavy atom. The molecule has 0 aliphatic rings. The molecule has 1 heterocycles. The Hall–Kier alpha value is -2.15. The number of aryl methyl sites for hydroxylation is 1. The third-order valence-corrected chi connectivity index (χ3v) is 4.15. The molecule has 0 unspecified atom stereocenters. The lowest BCUT2D eigenvalue weighted by atomic mass is 10.1. The summed E-state index contributed by atoms with van der Waals surface area (Å²) in [5.41, 5.74) is 1.19. The normalized spacial score (nSPS) is 10.5. The number of nitrogens with one attached hydrogen (secondary N) is 1. The van der Waals surface area contributed by atoms with Gasteiger partial charge in [0, 0.05) is 24.7 Å². The average Bonchev–Trinajstić information content (AvgIpc) is 2.85. The van der Waals surface area contributed by atoms with Crippen LogP contribution >= 0.6 is 11.8 Å². The molecule has 0 fully saturated rings. The summed E-state index contributed by atoms with van der Waals surface area (Å²) >= 11 is 1.33. The number of anilines is 1. The lowest BCUT2D eigenvalue weighted by Crippen LogP contribution is -2.14. The van der Waals surface area contributed by atoms with Gasteiger partial charge in [0.05, 0.1) is 5.75 Å². The van der Waals surface area contributed by atoms with Gasteiger partial charge in [-0.2, -0.15) is 0 Å². The van der Waals surface area contributed by atoms with Gasteiger partial charge < -0.3 is 9.88 Å². The van der Waals surface area contributed by atoms with Crippen molar-refractivity contribution < 1.29 is 9.59 Å². The molecule has 2 aromatic rings. The SMILES string of the molecule is CCc1nnc(SCC(=O)Nc2cccc(C(C)=O)c2)n1C. The van der Waals surface area contributed by atoms with Crippen molar-refractivity contribution in [1.29, 1.82) is 0 Å². The first-order valence-electron chi connectivity index (χ1n) is 6.93. The van der Waals surface area contributed by atoms with Crippen molar-refractivity contribution in [3.63, 3.8) is 0 Å². The van der Waals surface area contributed by atoms with Crippen LogP contribution in [0.15, 0.2) is 29.4 Å². The molecule has 1 N–H and O–H groups in total. The maximum atomic E-state index is 12.0. The maximum absolute atomic E-state index is 12.0. The number of rotatable bonds is 6. The fourth-order valence-electron chi connectivity index (χ4n) is 1.92. The van der Waals surface area contributed by atoms with Crippen molar-refractivity contribution in [2.75, 3.05) is 11.1 Å². The standard InChI is InChI=1S/C15H18N4O2S/c1-4-13-17-18-15(19(13)3)22-9-14(21)16-12-7-5-6-11(8-12)10(2)20/h5-8H,4,9H2,1-3H3,(H,16,21). The topological polar surface area (TPSA) is 76.9 Å². The van der Waals surface area contributed by atoms with Gasteiger partial charge in [-0.1, -0.05) is 30.8 Å². The number of nitrogens with zero attached hydrogens (tertiary/aromatic N) is 3. The first-order chi connectivity index (χ1) is 10.5. The van der Waals surface area contributed by atoms with E-state index in [4.69, 9.17) is 0 Å². The molecule has 2 rings (SSSR count). The molecule has 0 spiro atoms. The lowest BCUT2D eigenvalue weighted by Gasteiger charge is -2.06. The van der Waals surface area contributed by atoms with Crippen LogP contribution in [0.4, 0.5) is 5.69 Å². The zero-order chi connectivity index (χ0) is 16.1. The second kappa shape index (κ2) is 7.22. The highest BCUT2D eigenvalue weighted by atomic mass is 32.2. The minimum atomic E-state index is -0.147. The van der Waals surface area contributed by atoms with Gasteiger partial charge in [0.15, 0.2) is 10.9 Å². The van der Waals surface area contributed by atoms with Crippen LogP contribution in [0.25, 0.3) is 0 Å². The number of hydrogen-bond acceptors (Lipinski definition) is 5. The number of hydrogen-bond donors (Lipinski definition) is 1. The van der Waals surface area contributed by atoms with Crippen molar-refractivity contribution >= 4 is 29.1 Å². The Morgan fingerprint density at radius 2 is 2.09 bits per heavy atom. The summed E-state index contributed by atoms with van der Waals surface area (Å²) in [6, 6.07) is 6.89. The molecular formula is C15H18N4O2S. The molecule has 0 radical (unpaired) electrons. The summed E-state index contributed by atoms with van der Waals surface area (Å²) in [4.78, 5) is 23.3. The second-order valence-corrected chi connectivity index (χ2v) is 5.73. The smallest absolute Gasteiger partial charge is 0.234 e. The van der Waals surface area contributed by atoms with Crippen molar-refractivity contribution in [2.24, 2.45) is 7.05 Å². The quantitative estimate of drug-likeness (QED) is 0.653. The van der Waals surface area contributed by atoms with E-state index in [1.54, 1.807) is 24.3 Å². The average molecular weight is 318 g/mol. The van der Waals surface area contributed by atoms with Crippen LogP contribution in [-0.2, 0) is 18.3 Å². The molecule has 0 saturated carbocycles. The van der Waals surface area contributed by atoms with E-state index < -0.39 is 0 Å². The van der Waals surface area contributed by atoms with Crippen molar-refractivity contribution in [2.45, 2.75) is 25.4 Å². The van der Waals surface area contributed by atoms with E-state index in [9.17, 15) is 9.59 Å². The molecule has 7 heteroatoms. The van der Waals surface area contributed by atoms with Crippen LogP contribution in [0, 0.1) is 0 Å². The van der Waals surface area contributed by atoms with Gasteiger partial charge in [-0.05, 0) is 19.1 Å². The Balaban J connectivity index is 1.94. The van der Waals surface area contributed by atoms with Gasteiger partial charge in [-0.25, -0.2) is 0 Å². The summed E-state index contributed by atoms with van der Waals surface area (Å²) < 4.78 is 1.88. The third kappa shape index (κ3) is 3.94. The maximum Gasteiger partial charge on any atom is 0.234 e. The fourth-order valence-corrected chi connectivity index (χ4v) is 2.65. The molecule has 0 saturated heterocycles. The van der Waals surface area contributed by atoms with E-state index in [1.807, 2.05) is 18.5 Å². The predicted molar refractivity (Wildman–Crippen MR) is 86.2 cm³/mol. The molecule has 1 aromatic heterocycles. The summed E-state index contributed by atoms with van der Waals surface area (Å²) in [6.45, 7) is 3.50. The highest BCUT2D eigenvalue weighted by molar-refractivity contribution is 7.99. The lowest BCUT2D eigenvalue weighted by molar-refractivity contribution is -0.113. The number of benzene rings is 1. The van der Waals surface area contributed by atoms with E-state index in [-0.39, 0.29) is 17.4 Å². The summed E-state index contributed by atoms with van der Waals surface area (Å²) in [5, 5.41) is 11.6. The van der Waals surface area contributed by atoms with Crippen molar-refractivity contribution in [1.82, 2.24) is 14.8 Å². The number of amides is 1. The van der Waals surface area contributed by atoms with Gasteiger partial charge in [0.2, 0.25) is 5.91 Å². The molecule has 6 nitrogen and oxygen atoms in total. The number of Topliss-reactive ketones (excluding diaryl/α,β-unsaturated/α-hetero) is 1. The number of ketones is 1. The minimum absolute atomic E-state index is 0.0309. The molecule has 1 amide bonds. The first-order valence-corrected chi connectivity index (χ1v) is 7.91. The van der Waals surface area contributed by atoms with Crippen LogP contribution in [0.1, 0.15) is 30.0 Å². The molecule has 0 aliphatic heterocycles. The highest BCUT2D eigenvalue weighted by Gasteiger charge is 2.11. The summed E-state index contributed by atoms with van der Waals surface area (Å²) in [6.07, 6.45) is 0.800. The number of carbonyl (C=O) groups excluding carboxylic acids is 2. The highest BCUT2D eigenvalue weighted by Crippen LogP contribution is 2.17. The van der Waals surface area contributed by atoms with Crippen molar-refractivity contribution in [3.05, 3.63) is 35.7 Å². The Morgan fingerprint density at radius 3 is 2.73 bits per heavy atom. The number of thioether (sulfide) groups is 1. The molecule has 1 aromatic carbocycles. The van der Waals surface area contributed by atoms with E-state index in [2.05, 4.69) is 15.5 Å². The second-order valence-electron chi connectivity index (χ2n) is 4.79.